The molecular formula is C19H28N4O6S. The van der Waals surface area contributed by atoms with E-state index in [0.717, 1.165) is 5.56 Å². The van der Waals surface area contributed by atoms with Crippen LogP contribution in [0.25, 0.3) is 0 Å². The lowest BCUT2D eigenvalue weighted by Crippen LogP contribution is -2.49. The normalized spacial score (nSPS) is 22.6. The summed E-state index contributed by atoms with van der Waals surface area (Å²) in [6.45, 7) is 5.73. The second kappa shape index (κ2) is 9.63. The van der Waals surface area contributed by atoms with Crippen LogP contribution in [0.4, 0.5) is 15.3 Å². The zero-order valence-electron chi connectivity index (χ0n) is 17.2. The molecule has 0 spiro atoms. The number of hydrogen-bond donors (Lipinski definition) is 2. The summed E-state index contributed by atoms with van der Waals surface area (Å²) in [5.41, 5.74) is 1.49. The summed E-state index contributed by atoms with van der Waals surface area (Å²) < 4.78 is 36.8. The molecule has 10 nitrogen and oxygen atoms in total. The number of urea groups is 1. The van der Waals surface area contributed by atoms with Crippen molar-refractivity contribution in [1.29, 1.82) is 0 Å². The van der Waals surface area contributed by atoms with Crippen molar-refractivity contribution in [2.24, 2.45) is 0 Å². The third kappa shape index (κ3) is 6.07. The van der Waals surface area contributed by atoms with Crippen molar-refractivity contribution >= 4 is 27.8 Å². The summed E-state index contributed by atoms with van der Waals surface area (Å²) in [6.07, 6.45) is -0.634. The number of rotatable bonds is 7. The highest BCUT2D eigenvalue weighted by atomic mass is 32.2. The second-order valence-electron chi connectivity index (χ2n) is 7.50. The standard InChI is InChI=1S/C19H28N4O6S/c1-14-11-23(12-15(2)29-14)30(26,27)10-7-20-18(24)21-17-5-3-16(4-6-17)13-22-8-9-28-19(22)25/h3-6,14-15H,7-13H2,1-2H3,(H2,20,21,24)/t14-,15-/m0/s1. The highest BCUT2D eigenvalue weighted by molar-refractivity contribution is 7.89. The van der Waals surface area contributed by atoms with E-state index >= 15 is 0 Å². The molecule has 2 saturated heterocycles. The lowest BCUT2D eigenvalue weighted by molar-refractivity contribution is -0.0440. The Morgan fingerprint density at radius 3 is 2.43 bits per heavy atom. The number of benzene rings is 1. The fourth-order valence-electron chi connectivity index (χ4n) is 3.44. The molecule has 1 aromatic rings. The summed E-state index contributed by atoms with van der Waals surface area (Å²) in [7, 11) is -3.47. The molecule has 0 saturated carbocycles. The molecule has 11 heteroatoms. The van der Waals surface area contributed by atoms with Gasteiger partial charge in [-0.15, -0.1) is 0 Å². The van der Waals surface area contributed by atoms with Gasteiger partial charge in [0, 0.05) is 31.9 Å². The molecule has 2 heterocycles. The van der Waals surface area contributed by atoms with Gasteiger partial charge in [-0.05, 0) is 31.5 Å². The summed E-state index contributed by atoms with van der Waals surface area (Å²) in [6, 6.07) is 6.59. The number of ether oxygens (including phenoxy) is 2. The highest BCUT2D eigenvalue weighted by Crippen LogP contribution is 2.15. The van der Waals surface area contributed by atoms with E-state index in [9.17, 15) is 18.0 Å². The summed E-state index contributed by atoms with van der Waals surface area (Å²) >= 11 is 0. The average molecular weight is 441 g/mol. The van der Waals surface area contributed by atoms with Crippen LogP contribution in [0, 0.1) is 0 Å². The van der Waals surface area contributed by atoms with Gasteiger partial charge in [0.15, 0.2) is 0 Å². The van der Waals surface area contributed by atoms with Crippen molar-refractivity contribution in [1.82, 2.24) is 14.5 Å². The molecule has 0 bridgehead atoms. The van der Waals surface area contributed by atoms with Gasteiger partial charge in [-0.2, -0.15) is 4.31 Å². The minimum absolute atomic E-state index is 0.00341. The number of nitrogens with zero attached hydrogens (tertiary/aromatic N) is 2. The Labute approximate surface area is 176 Å². The van der Waals surface area contributed by atoms with Gasteiger partial charge in [-0.3, -0.25) is 0 Å². The minimum Gasteiger partial charge on any atom is -0.448 e. The molecular weight excluding hydrogens is 412 g/mol. The first-order valence-corrected chi connectivity index (χ1v) is 11.5. The molecule has 3 amide bonds. The Hall–Kier alpha value is -2.37. The number of hydrogen-bond acceptors (Lipinski definition) is 6. The molecule has 2 fully saturated rings. The number of morpholine rings is 1. The molecule has 0 aromatic heterocycles. The van der Waals surface area contributed by atoms with Gasteiger partial charge in [-0.25, -0.2) is 18.0 Å². The van der Waals surface area contributed by atoms with Crippen molar-refractivity contribution in [2.75, 3.05) is 43.9 Å². The Morgan fingerprint density at radius 2 is 1.83 bits per heavy atom. The first kappa shape index (κ1) is 22.3. The van der Waals surface area contributed by atoms with E-state index in [-0.39, 0.29) is 30.6 Å². The first-order valence-electron chi connectivity index (χ1n) is 9.92. The van der Waals surface area contributed by atoms with E-state index < -0.39 is 16.1 Å². The molecule has 1 aromatic carbocycles. The molecule has 3 rings (SSSR count). The number of sulfonamides is 1. The monoisotopic (exact) mass is 440 g/mol. The van der Waals surface area contributed by atoms with Gasteiger partial charge in [0.25, 0.3) is 0 Å². The van der Waals surface area contributed by atoms with Crippen molar-refractivity contribution in [3.8, 4) is 0 Å². The maximum atomic E-state index is 12.5. The molecule has 2 aliphatic rings. The number of cyclic esters (lactones) is 1. The number of carbonyl (C=O) groups is 2. The smallest absolute Gasteiger partial charge is 0.410 e. The fraction of sp³-hybridized carbons (Fsp3) is 0.579. The predicted octanol–water partition coefficient (Wildman–Crippen LogP) is 1.20. The quantitative estimate of drug-likeness (QED) is 0.658. The number of anilines is 1. The molecule has 0 radical (unpaired) electrons. The van der Waals surface area contributed by atoms with Crippen LogP contribution in [0.2, 0.25) is 0 Å². The van der Waals surface area contributed by atoms with Crippen LogP contribution in [0.3, 0.4) is 0 Å². The van der Waals surface area contributed by atoms with Crippen molar-refractivity contribution in [3.63, 3.8) is 0 Å². The molecule has 2 aliphatic heterocycles. The topological polar surface area (TPSA) is 117 Å². The van der Waals surface area contributed by atoms with Gasteiger partial charge in [0.05, 0.1) is 24.5 Å². The van der Waals surface area contributed by atoms with Gasteiger partial charge in [0.1, 0.15) is 6.61 Å². The van der Waals surface area contributed by atoms with Crippen LogP contribution in [0.15, 0.2) is 24.3 Å². The van der Waals surface area contributed by atoms with Crippen LogP contribution in [0.1, 0.15) is 19.4 Å². The zero-order valence-corrected chi connectivity index (χ0v) is 18.0. The van der Waals surface area contributed by atoms with Crippen LogP contribution >= 0.6 is 0 Å². The molecule has 2 N–H and O–H groups in total. The summed E-state index contributed by atoms with van der Waals surface area (Å²) in [5.74, 6) is -0.176. The summed E-state index contributed by atoms with van der Waals surface area (Å²) in [4.78, 5) is 25.1. The lowest BCUT2D eigenvalue weighted by atomic mass is 10.2. The maximum Gasteiger partial charge on any atom is 0.410 e. The zero-order chi connectivity index (χ0) is 21.7. The highest BCUT2D eigenvalue weighted by Gasteiger charge is 2.30. The predicted molar refractivity (Wildman–Crippen MR) is 111 cm³/mol. The SMILES string of the molecule is C[C@H]1CN(S(=O)(=O)CCNC(=O)Nc2ccc(CN3CCOC3=O)cc2)C[C@H](C)O1. The number of amides is 3. The summed E-state index contributed by atoms with van der Waals surface area (Å²) in [5, 5.41) is 5.24. The Morgan fingerprint density at radius 1 is 1.17 bits per heavy atom. The van der Waals surface area contributed by atoms with E-state index in [1.165, 1.54) is 4.31 Å². The van der Waals surface area contributed by atoms with Crippen LogP contribution in [-0.4, -0.2) is 80.5 Å². The second-order valence-corrected chi connectivity index (χ2v) is 9.59. The third-order valence-electron chi connectivity index (χ3n) is 4.86. The van der Waals surface area contributed by atoms with E-state index in [4.69, 9.17) is 9.47 Å². The Kier molecular flexibility index (Phi) is 7.16. The van der Waals surface area contributed by atoms with Gasteiger partial charge in [-0.1, -0.05) is 12.1 Å². The number of carbonyl (C=O) groups excluding carboxylic acids is 2. The third-order valence-corrected chi connectivity index (χ3v) is 6.66. The molecule has 0 unspecified atom stereocenters. The average Bonchev–Trinajstić information content (AvgIpc) is 3.07. The van der Waals surface area contributed by atoms with Gasteiger partial charge < -0.3 is 25.0 Å². The fourth-order valence-corrected chi connectivity index (χ4v) is 4.93. The van der Waals surface area contributed by atoms with E-state index in [1.54, 1.807) is 17.0 Å². The van der Waals surface area contributed by atoms with E-state index in [0.29, 0.717) is 38.5 Å². The van der Waals surface area contributed by atoms with Crippen LogP contribution < -0.4 is 10.6 Å². The Balaban J connectivity index is 1.42. The molecule has 166 valence electrons. The van der Waals surface area contributed by atoms with Gasteiger partial charge in [0.2, 0.25) is 10.0 Å². The largest absolute Gasteiger partial charge is 0.448 e. The first-order chi connectivity index (χ1) is 14.2. The van der Waals surface area contributed by atoms with E-state index in [2.05, 4.69) is 10.6 Å². The van der Waals surface area contributed by atoms with Crippen molar-refractivity contribution in [2.45, 2.75) is 32.6 Å². The lowest BCUT2D eigenvalue weighted by Gasteiger charge is -2.34. The van der Waals surface area contributed by atoms with Crippen molar-refractivity contribution in [3.05, 3.63) is 29.8 Å². The van der Waals surface area contributed by atoms with Gasteiger partial charge >= 0.3 is 12.1 Å². The minimum atomic E-state index is -3.47. The van der Waals surface area contributed by atoms with Crippen molar-refractivity contribution < 1.29 is 27.5 Å². The number of nitrogens with one attached hydrogen (secondary N) is 2. The molecule has 2 atom stereocenters. The Bertz CT molecular complexity index is 850. The van der Waals surface area contributed by atoms with E-state index in [1.807, 2.05) is 26.0 Å². The van der Waals surface area contributed by atoms with Crippen LogP contribution in [-0.2, 0) is 26.0 Å². The van der Waals surface area contributed by atoms with Crippen LogP contribution in [0.5, 0.6) is 0 Å². The molecule has 0 aliphatic carbocycles. The molecule has 30 heavy (non-hydrogen) atoms. The maximum absolute atomic E-state index is 12.5.